The lowest BCUT2D eigenvalue weighted by Crippen LogP contribution is -2.43. The van der Waals surface area contributed by atoms with Crippen molar-refractivity contribution in [2.24, 2.45) is 5.92 Å². The standard InChI is InChI=1S/C16H29NO2/c1-16(2,3)19-12-15(18)17-11-7-10-14(17)13-8-5-4-6-9-13/h13-14H,4-12H2,1-3H3. The Morgan fingerprint density at radius 2 is 1.79 bits per heavy atom. The molecule has 1 aliphatic heterocycles. The molecule has 3 heteroatoms. The van der Waals surface area contributed by atoms with Crippen molar-refractivity contribution in [2.45, 2.75) is 77.4 Å². The van der Waals surface area contributed by atoms with Crippen LogP contribution in [0.2, 0.25) is 0 Å². The van der Waals surface area contributed by atoms with Crippen LogP contribution in [0.25, 0.3) is 0 Å². The molecule has 0 aromatic heterocycles. The molecule has 1 saturated heterocycles. The van der Waals surface area contributed by atoms with Gasteiger partial charge in [0.2, 0.25) is 5.91 Å². The minimum atomic E-state index is -0.226. The zero-order valence-electron chi connectivity index (χ0n) is 12.8. The summed E-state index contributed by atoms with van der Waals surface area (Å²) >= 11 is 0. The summed E-state index contributed by atoms with van der Waals surface area (Å²) < 4.78 is 5.65. The van der Waals surface area contributed by atoms with E-state index in [4.69, 9.17) is 4.74 Å². The first kappa shape index (κ1) is 14.8. The smallest absolute Gasteiger partial charge is 0.248 e. The number of carbonyl (C=O) groups is 1. The molecular weight excluding hydrogens is 238 g/mol. The predicted octanol–water partition coefficient (Wildman–Crippen LogP) is 3.37. The molecule has 2 fully saturated rings. The highest BCUT2D eigenvalue weighted by Gasteiger charge is 2.35. The molecule has 3 nitrogen and oxygen atoms in total. The van der Waals surface area contributed by atoms with Crippen LogP contribution in [-0.2, 0) is 9.53 Å². The van der Waals surface area contributed by atoms with E-state index in [1.165, 1.54) is 44.9 Å². The van der Waals surface area contributed by atoms with E-state index >= 15 is 0 Å². The summed E-state index contributed by atoms with van der Waals surface area (Å²) in [4.78, 5) is 14.5. The van der Waals surface area contributed by atoms with E-state index in [1.807, 2.05) is 20.8 Å². The predicted molar refractivity (Wildman–Crippen MR) is 77.0 cm³/mol. The molecular formula is C16H29NO2. The van der Waals surface area contributed by atoms with Crippen molar-refractivity contribution in [1.29, 1.82) is 0 Å². The van der Waals surface area contributed by atoms with Crippen LogP contribution in [0.4, 0.5) is 0 Å². The summed E-state index contributed by atoms with van der Waals surface area (Å²) in [5.41, 5.74) is -0.226. The van der Waals surface area contributed by atoms with E-state index in [9.17, 15) is 4.79 Å². The fraction of sp³-hybridized carbons (Fsp3) is 0.938. The van der Waals surface area contributed by atoms with Crippen LogP contribution in [0.5, 0.6) is 0 Å². The Bertz CT molecular complexity index is 302. The number of amides is 1. The molecule has 110 valence electrons. The van der Waals surface area contributed by atoms with Crippen LogP contribution in [0.1, 0.15) is 65.7 Å². The lowest BCUT2D eigenvalue weighted by molar-refractivity contribution is -0.143. The number of carbonyl (C=O) groups excluding carboxylic acids is 1. The maximum absolute atomic E-state index is 12.3. The van der Waals surface area contributed by atoms with Crippen LogP contribution < -0.4 is 0 Å². The SMILES string of the molecule is CC(C)(C)OCC(=O)N1CCCC1C1CCCCC1. The van der Waals surface area contributed by atoms with Gasteiger partial charge in [0.05, 0.1) is 5.60 Å². The first-order valence-corrected chi connectivity index (χ1v) is 7.91. The highest BCUT2D eigenvalue weighted by molar-refractivity contribution is 5.78. The number of hydrogen-bond donors (Lipinski definition) is 0. The number of likely N-dealkylation sites (tertiary alicyclic amines) is 1. The van der Waals surface area contributed by atoms with Crippen molar-refractivity contribution in [3.05, 3.63) is 0 Å². The molecule has 1 amide bonds. The van der Waals surface area contributed by atoms with E-state index in [-0.39, 0.29) is 18.1 Å². The Hall–Kier alpha value is -0.570. The topological polar surface area (TPSA) is 29.5 Å². The van der Waals surface area contributed by atoms with Gasteiger partial charge in [0.15, 0.2) is 0 Å². The number of nitrogens with zero attached hydrogens (tertiary/aromatic N) is 1. The van der Waals surface area contributed by atoms with Crippen LogP contribution in [0.15, 0.2) is 0 Å². The average Bonchev–Trinajstić information content (AvgIpc) is 2.85. The number of rotatable bonds is 3. The first-order valence-electron chi connectivity index (χ1n) is 7.91. The minimum Gasteiger partial charge on any atom is -0.366 e. The van der Waals surface area contributed by atoms with Gasteiger partial charge in [0.25, 0.3) is 0 Å². The molecule has 2 aliphatic rings. The van der Waals surface area contributed by atoms with Crippen LogP contribution in [0, 0.1) is 5.92 Å². The summed E-state index contributed by atoms with van der Waals surface area (Å²) in [5, 5.41) is 0. The van der Waals surface area contributed by atoms with Gasteiger partial charge >= 0.3 is 0 Å². The Balaban J connectivity index is 1.88. The third-order valence-electron chi connectivity index (χ3n) is 4.44. The van der Waals surface area contributed by atoms with Gasteiger partial charge in [-0.3, -0.25) is 4.79 Å². The van der Waals surface area contributed by atoms with Crippen molar-refractivity contribution in [1.82, 2.24) is 4.90 Å². The monoisotopic (exact) mass is 267 g/mol. The number of ether oxygens (including phenoxy) is 1. The fourth-order valence-electron chi connectivity index (χ4n) is 3.47. The van der Waals surface area contributed by atoms with E-state index in [1.54, 1.807) is 0 Å². The lowest BCUT2D eigenvalue weighted by Gasteiger charge is -2.34. The Kier molecular flexibility index (Phi) is 4.88. The van der Waals surface area contributed by atoms with Crippen LogP contribution in [0.3, 0.4) is 0 Å². The molecule has 0 spiro atoms. The quantitative estimate of drug-likeness (QED) is 0.784. The normalized spacial score (nSPS) is 25.8. The van der Waals surface area contributed by atoms with E-state index in [0.717, 1.165) is 12.5 Å². The molecule has 1 heterocycles. The summed E-state index contributed by atoms with van der Waals surface area (Å²) in [6, 6.07) is 0.497. The largest absolute Gasteiger partial charge is 0.366 e. The maximum Gasteiger partial charge on any atom is 0.248 e. The van der Waals surface area contributed by atoms with Crippen molar-refractivity contribution in [3.8, 4) is 0 Å². The van der Waals surface area contributed by atoms with E-state index in [2.05, 4.69) is 4.90 Å². The Morgan fingerprint density at radius 1 is 1.11 bits per heavy atom. The molecule has 2 rings (SSSR count). The maximum atomic E-state index is 12.3. The second kappa shape index (κ2) is 6.25. The van der Waals surface area contributed by atoms with Gasteiger partial charge in [-0.2, -0.15) is 0 Å². The molecule has 0 radical (unpaired) electrons. The first-order chi connectivity index (χ1) is 8.97. The van der Waals surface area contributed by atoms with Gasteiger partial charge in [0, 0.05) is 12.6 Å². The average molecular weight is 267 g/mol. The Morgan fingerprint density at radius 3 is 2.42 bits per heavy atom. The summed E-state index contributed by atoms with van der Waals surface area (Å²) in [6.07, 6.45) is 9.07. The van der Waals surface area contributed by atoms with E-state index in [0.29, 0.717) is 6.04 Å². The molecule has 0 N–H and O–H groups in total. The second-order valence-corrected chi connectivity index (χ2v) is 7.10. The van der Waals surface area contributed by atoms with Crippen molar-refractivity contribution < 1.29 is 9.53 Å². The minimum absolute atomic E-state index is 0.197. The van der Waals surface area contributed by atoms with Gasteiger partial charge in [-0.15, -0.1) is 0 Å². The summed E-state index contributed by atoms with van der Waals surface area (Å²) in [6.45, 7) is 7.19. The molecule has 1 saturated carbocycles. The van der Waals surface area contributed by atoms with Gasteiger partial charge in [-0.25, -0.2) is 0 Å². The van der Waals surface area contributed by atoms with Gasteiger partial charge < -0.3 is 9.64 Å². The highest BCUT2D eigenvalue weighted by atomic mass is 16.5. The molecule has 1 aliphatic carbocycles. The third kappa shape index (κ3) is 4.20. The zero-order chi connectivity index (χ0) is 13.9. The van der Waals surface area contributed by atoms with Crippen LogP contribution >= 0.6 is 0 Å². The Labute approximate surface area is 117 Å². The molecule has 1 atom stereocenters. The lowest BCUT2D eigenvalue weighted by atomic mass is 9.83. The highest BCUT2D eigenvalue weighted by Crippen LogP contribution is 2.34. The van der Waals surface area contributed by atoms with Gasteiger partial charge in [-0.05, 0) is 52.4 Å². The van der Waals surface area contributed by atoms with Crippen molar-refractivity contribution in [3.63, 3.8) is 0 Å². The fourth-order valence-corrected chi connectivity index (χ4v) is 3.47. The summed E-state index contributed by atoms with van der Waals surface area (Å²) in [5.74, 6) is 0.942. The van der Waals surface area contributed by atoms with Crippen molar-refractivity contribution >= 4 is 5.91 Å². The van der Waals surface area contributed by atoms with Crippen molar-refractivity contribution in [2.75, 3.05) is 13.2 Å². The van der Waals surface area contributed by atoms with E-state index < -0.39 is 0 Å². The molecule has 19 heavy (non-hydrogen) atoms. The molecule has 0 bridgehead atoms. The zero-order valence-corrected chi connectivity index (χ0v) is 12.8. The molecule has 0 aromatic carbocycles. The second-order valence-electron chi connectivity index (χ2n) is 7.10. The van der Waals surface area contributed by atoms with Gasteiger partial charge in [-0.1, -0.05) is 19.3 Å². The molecule has 0 aromatic rings. The number of hydrogen-bond acceptors (Lipinski definition) is 2. The third-order valence-corrected chi connectivity index (χ3v) is 4.44. The van der Waals surface area contributed by atoms with Gasteiger partial charge in [0.1, 0.15) is 6.61 Å². The van der Waals surface area contributed by atoms with Crippen LogP contribution in [-0.4, -0.2) is 35.6 Å². The summed E-state index contributed by atoms with van der Waals surface area (Å²) in [7, 11) is 0. The molecule has 1 unspecified atom stereocenters.